The van der Waals surface area contributed by atoms with Gasteiger partial charge in [0.05, 0.1) is 18.2 Å². The molecule has 2 aromatic heterocycles. The Morgan fingerprint density at radius 3 is 2.96 bits per heavy atom. The van der Waals surface area contributed by atoms with Crippen molar-refractivity contribution in [2.45, 2.75) is 31.5 Å². The van der Waals surface area contributed by atoms with Gasteiger partial charge in [0.15, 0.2) is 0 Å². The van der Waals surface area contributed by atoms with E-state index in [2.05, 4.69) is 40.3 Å². The molecule has 0 aromatic carbocycles. The van der Waals surface area contributed by atoms with Crippen LogP contribution in [0.4, 0.5) is 5.69 Å². The van der Waals surface area contributed by atoms with E-state index in [0.717, 1.165) is 31.7 Å². The summed E-state index contributed by atoms with van der Waals surface area (Å²) in [5.74, 6) is 0. The Bertz CT molecular complexity index is 639. The van der Waals surface area contributed by atoms with Crippen LogP contribution in [0.1, 0.15) is 30.2 Å². The van der Waals surface area contributed by atoms with Crippen molar-refractivity contribution in [1.29, 1.82) is 0 Å². The standard InChI is InChI=1S/C17H25N5O/c1-21(2)15-4-6-18-9-13(15)10-20-14-5-7-23-17(8-14)16-11-19-12-22(16)3/h4,6,9,11-12,14,17,20H,5,7-8,10H2,1-3H3/t14-,17-/m1/s1. The van der Waals surface area contributed by atoms with Gasteiger partial charge in [-0.05, 0) is 18.9 Å². The second kappa shape index (κ2) is 7.10. The average molecular weight is 315 g/mol. The van der Waals surface area contributed by atoms with Gasteiger partial charge < -0.3 is 19.5 Å². The van der Waals surface area contributed by atoms with Gasteiger partial charge in [-0.15, -0.1) is 0 Å². The molecule has 1 aliphatic rings. The highest BCUT2D eigenvalue weighted by atomic mass is 16.5. The predicted molar refractivity (Wildman–Crippen MR) is 90.3 cm³/mol. The first-order chi connectivity index (χ1) is 11.1. The van der Waals surface area contributed by atoms with Gasteiger partial charge >= 0.3 is 0 Å². The lowest BCUT2D eigenvalue weighted by atomic mass is 10.0. The van der Waals surface area contributed by atoms with Crippen molar-refractivity contribution < 1.29 is 4.74 Å². The molecule has 6 nitrogen and oxygen atoms in total. The maximum absolute atomic E-state index is 5.93. The normalized spacial score (nSPS) is 21.3. The molecule has 1 saturated heterocycles. The molecule has 0 spiro atoms. The van der Waals surface area contributed by atoms with Gasteiger partial charge in [-0.3, -0.25) is 4.98 Å². The molecule has 6 heteroatoms. The monoisotopic (exact) mass is 315 g/mol. The second-order valence-electron chi connectivity index (χ2n) is 6.29. The first-order valence-electron chi connectivity index (χ1n) is 8.06. The average Bonchev–Trinajstić information content (AvgIpc) is 2.99. The van der Waals surface area contributed by atoms with Crippen molar-refractivity contribution in [3.05, 3.63) is 42.2 Å². The molecule has 0 aliphatic carbocycles. The molecule has 0 unspecified atom stereocenters. The van der Waals surface area contributed by atoms with Crippen LogP contribution < -0.4 is 10.2 Å². The summed E-state index contributed by atoms with van der Waals surface area (Å²) in [6.45, 7) is 1.60. The third kappa shape index (κ3) is 3.71. The fourth-order valence-corrected chi connectivity index (χ4v) is 3.11. The Kier molecular flexibility index (Phi) is 4.93. The lowest BCUT2D eigenvalue weighted by Crippen LogP contribution is -2.36. The van der Waals surface area contributed by atoms with Gasteiger partial charge in [0, 0.05) is 64.0 Å². The Morgan fingerprint density at radius 1 is 1.35 bits per heavy atom. The highest BCUT2D eigenvalue weighted by Crippen LogP contribution is 2.28. The molecular formula is C17H25N5O. The highest BCUT2D eigenvalue weighted by molar-refractivity contribution is 5.50. The third-order valence-electron chi connectivity index (χ3n) is 4.41. The number of hydrogen-bond donors (Lipinski definition) is 1. The van der Waals surface area contributed by atoms with Crippen LogP contribution in [-0.4, -0.2) is 41.3 Å². The molecule has 2 atom stereocenters. The Hall–Kier alpha value is -1.92. The fourth-order valence-electron chi connectivity index (χ4n) is 3.11. The minimum atomic E-state index is 0.121. The molecule has 0 radical (unpaired) electrons. The van der Waals surface area contributed by atoms with E-state index in [1.165, 1.54) is 11.3 Å². The summed E-state index contributed by atoms with van der Waals surface area (Å²) in [7, 11) is 6.14. The minimum absolute atomic E-state index is 0.121. The number of pyridine rings is 1. The van der Waals surface area contributed by atoms with Gasteiger partial charge in [0.1, 0.15) is 6.10 Å². The summed E-state index contributed by atoms with van der Waals surface area (Å²) >= 11 is 0. The summed E-state index contributed by atoms with van der Waals surface area (Å²) in [6.07, 6.45) is 9.64. The molecule has 1 fully saturated rings. The zero-order valence-electron chi connectivity index (χ0n) is 14.1. The van der Waals surface area contributed by atoms with Crippen molar-refractivity contribution >= 4 is 5.69 Å². The molecule has 0 amide bonds. The second-order valence-corrected chi connectivity index (χ2v) is 6.29. The number of anilines is 1. The van der Waals surface area contributed by atoms with Crippen molar-refractivity contribution in [2.24, 2.45) is 7.05 Å². The summed E-state index contributed by atoms with van der Waals surface area (Å²) < 4.78 is 7.97. The maximum atomic E-state index is 5.93. The molecule has 23 heavy (non-hydrogen) atoms. The van der Waals surface area contributed by atoms with E-state index in [-0.39, 0.29) is 6.10 Å². The number of aryl methyl sites for hydroxylation is 1. The zero-order chi connectivity index (χ0) is 16.2. The molecule has 3 heterocycles. The van der Waals surface area contributed by atoms with Crippen LogP contribution in [-0.2, 0) is 18.3 Å². The van der Waals surface area contributed by atoms with Gasteiger partial charge in [-0.25, -0.2) is 4.98 Å². The lowest BCUT2D eigenvalue weighted by molar-refractivity contribution is -0.00403. The van der Waals surface area contributed by atoms with Crippen LogP contribution in [0, 0.1) is 0 Å². The van der Waals surface area contributed by atoms with E-state index in [4.69, 9.17) is 4.74 Å². The number of ether oxygens (including phenoxy) is 1. The van der Waals surface area contributed by atoms with E-state index >= 15 is 0 Å². The summed E-state index contributed by atoms with van der Waals surface area (Å²) in [5, 5.41) is 3.67. The molecule has 124 valence electrons. The number of nitrogens with zero attached hydrogens (tertiary/aromatic N) is 4. The van der Waals surface area contributed by atoms with Crippen molar-refractivity contribution in [2.75, 3.05) is 25.6 Å². The van der Waals surface area contributed by atoms with Crippen molar-refractivity contribution in [3.8, 4) is 0 Å². The van der Waals surface area contributed by atoms with E-state index in [0.29, 0.717) is 6.04 Å². The maximum Gasteiger partial charge on any atom is 0.100 e. The first-order valence-corrected chi connectivity index (χ1v) is 8.06. The van der Waals surface area contributed by atoms with Crippen LogP contribution in [0.15, 0.2) is 31.0 Å². The first kappa shape index (κ1) is 16.0. The third-order valence-corrected chi connectivity index (χ3v) is 4.41. The Labute approximate surface area is 137 Å². The van der Waals surface area contributed by atoms with Crippen LogP contribution in [0.3, 0.4) is 0 Å². The number of hydrogen-bond acceptors (Lipinski definition) is 5. The quantitative estimate of drug-likeness (QED) is 0.913. The van der Waals surface area contributed by atoms with Gasteiger partial charge in [-0.2, -0.15) is 0 Å². The van der Waals surface area contributed by atoms with Gasteiger partial charge in [-0.1, -0.05) is 0 Å². The topological polar surface area (TPSA) is 55.2 Å². The molecule has 3 rings (SSSR count). The van der Waals surface area contributed by atoms with Crippen LogP contribution in [0.5, 0.6) is 0 Å². The van der Waals surface area contributed by atoms with Gasteiger partial charge in [0.25, 0.3) is 0 Å². The van der Waals surface area contributed by atoms with Crippen LogP contribution in [0.25, 0.3) is 0 Å². The predicted octanol–water partition coefficient (Wildman–Crippen LogP) is 1.89. The number of imidazole rings is 1. The van der Waals surface area contributed by atoms with E-state index in [9.17, 15) is 0 Å². The summed E-state index contributed by atoms with van der Waals surface area (Å²) in [6, 6.07) is 2.50. The number of aromatic nitrogens is 3. The molecule has 0 saturated carbocycles. The molecule has 1 aliphatic heterocycles. The largest absolute Gasteiger partial charge is 0.377 e. The van der Waals surface area contributed by atoms with E-state index in [1.807, 2.05) is 36.5 Å². The van der Waals surface area contributed by atoms with E-state index < -0.39 is 0 Å². The highest BCUT2D eigenvalue weighted by Gasteiger charge is 2.25. The fraction of sp³-hybridized carbons (Fsp3) is 0.529. The Morgan fingerprint density at radius 2 is 2.22 bits per heavy atom. The van der Waals surface area contributed by atoms with Crippen LogP contribution >= 0.6 is 0 Å². The van der Waals surface area contributed by atoms with Crippen molar-refractivity contribution in [1.82, 2.24) is 19.9 Å². The molecule has 1 N–H and O–H groups in total. The number of rotatable bonds is 5. The molecular weight excluding hydrogens is 290 g/mol. The minimum Gasteiger partial charge on any atom is -0.377 e. The van der Waals surface area contributed by atoms with Crippen LogP contribution in [0.2, 0.25) is 0 Å². The lowest BCUT2D eigenvalue weighted by Gasteiger charge is -2.30. The van der Waals surface area contributed by atoms with Crippen molar-refractivity contribution in [3.63, 3.8) is 0 Å². The smallest absolute Gasteiger partial charge is 0.100 e. The Balaban J connectivity index is 1.62. The summed E-state index contributed by atoms with van der Waals surface area (Å²) in [5.41, 5.74) is 3.58. The SMILES string of the molecule is CN(C)c1ccncc1CN[C@@H]1CCO[C@@H](c2cncn2C)C1. The molecule has 2 aromatic rings. The molecule has 0 bridgehead atoms. The zero-order valence-corrected chi connectivity index (χ0v) is 14.1. The van der Waals surface area contributed by atoms with E-state index in [1.54, 1.807) is 0 Å². The number of nitrogens with one attached hydrogen (secondary N) is 1. The summed E-state index contributed by atoms with van der Waals surface area (Å²) in [4.78, 5) is 10.6. The van der Waals surface area contributed by atoms with Gasteiger partial charge in [0.2, 0.25) is 0 Å².